The topological polar surface area (TPSA) is 86.3 Å². The Morgan fingerprint density at radius 1 is 1.28 bits per heavy atom. The Morgan fingerprint density at radius 3 is 2.33 bits per heavy atom. The van der Waals surface area contributed by atoms with Crippen molar-refractivity contribution in [2.45, 2.75) is 31.6 Å². The average molecular weight is 273 g/mol. The van der Waals surface area contributed by atoms with Crippen molar-refractivity contribution >= 4 is 23.0 Å². The molecule has 0 saturated heterocycles. The zero-order valence-electron chi connectivity index (χ0n) is 10.00. The number of hydrogen-bond donors (Lipinski definition) is 0. The van der Waals surface area contributed by atoms with Crippen LogP contribution in [-0.2, 0) is 0 Å². The highest BCUT2D eigenvalue weighted by atomic mass is 35.5. The maximum Gasteiger partial charge on any atom is 0.279 e. The molecular formula is C11H13ClN2O4. The highest BCUT2D eigenvalue weighted by molar-refractivity contribution is 6.21. The number of benzene rings is 1. The van der Waals surface area contributed by atoms with E-state index in [9.17, 15) is 20.2 Å². The molecule has 0 aliphatic heterocycles. The molecule has 0 radical (unpaired) electrons. The van der Waals surface area contributed by atoms with Gasteiger partial charge in [-0.2, -0.15) is 0 Å². The molecule has 98 valence electrons. The lowest BCUT2D eigenvalue weighted by Gasteiger charge is -2.16. The summed E-state index contributed by atoms with van der Waals surface area (Å²) in [6, 6.07) is 3.65. The van der Waals surface area contributed by atoms with Crippen LogP contribution in [0.15, 0.2) is 18.2 Å². The number of nitro groups is 2. The summed E-state index contributed by atoms with van der Waals surface area (Å²) in [6.07, 6.45) is 0.664. The molecule has 7 heteroatoms. The molecule has 0 bridgehead atoms. The van der Waals surface area contributed by atoms with Crippen LogP contribution in [0.2, 0.25) is 0 Å². The minimum absolute atomic E-state index is 0.238. The van der Waals surface area contributed by atoms with Gasteiger partial charge in [0.05, 0.1) is 15.9 Å². The van der Waals surface area contributed by atoms with Crippen LogP contribution in [-0.4, -0.2) is 15.2 Å². The van der Waals surface area contributed by atoms with Crippen molar-refractivity contribution in [3.05, 3.63) is 44.0 Å². The van der Waals surface area contributed by atoms with Crippen LogP contribution in [0, 0.1) is 20.2 Å². The fourth-order valence-corrected chi connectivity index (χ4v) is 1.87. The molecule has 0 saturated carbocycles. The van der Waals surface area contributed by atoms with Crippen molar-refractivity contribution in [2.24, 2.45) is 0 Å². The number of non-ortho nitro benzene ring substituents is 1. The second-order valence-electron chi connectivity index (χ2n) is 3.97. The van der Waals surface area contributed by atoms with Crippen LogP contribution < -0.4 is 0 Å². The second kappa shape index (κ2) is 5.77. The molecule has 18 heavy (non-hydrogen) atoms. The summed E-state index contributed by atoms with van der Waals surface area (Å²) in [5.41, 5.74) is -0.122. The van der Waals surface area contributed by atoms with Gasteiger partial charge in [-0.1, -0.05) is 13.8 Å². The maximum absolute atomic E-state index is 11.0. The minimum Gasteiger partial charge on any atom is -0.258 e. The van der Waals surface area contributed by atoms with Gasteiger partial charge in [0, 0.05) is 22.9 Å². The summed E-state index contributed by atoms with van der Waals surface area (Å²) in [4.78, 5) is 20.3. The Kier molecular flexibility index (Phi) is 4.61. The second-order valence-corrected chi connectivity index (χ2v) is 4.53. The van der Waals surface area contributed by atoms with Crippen molar-refractivity contribution in [1.29, 1.82) is 0 Å². The summed E-state index contributed by atoms with van der Waals surface area (Å²) in [5, 5.41) is 21.3. The van der Waals surface area contributed by atoms with Gasteiger partial charge in [-0.3, -0.25) is 20.2 Å². The van der Waals surface area contributed by atoms with Gasteiger partial charge < -0.3 is 0 Å². The van der Waals surface area contributed by atoms with Crippen molar-refractivity contribution in [3.8, 4) is 0 Å². The van der Waals surface area contributed by atoms with Crippen LogP contribution in [0.4, 0.5) is 11.4 Å². The first kappa shape index (κ1) is 14.4. The molecule has 2 atom stereocenters. The summed E-state index contributed by atoms with van der Waals surface area (Å²) in [6.45, 7) is 3.65. The maximum atomic E-state index is 11.0. The van der Waals surface area contributed by atoms with Gasteiger partial charge >= 0.3 is 0 Å². The highest BCUT2D eigenvalue weighted by Gasteiger charge is 2.26. The molecule has 2 unspecified atom stereocenters. The third-order valence-corrected chi connectivity index (χ3v) is 3.53. The molecule has 0 aliphatic carbocycles. The molecule has 1 aromatic carbocycles. The number of nitro benzene ring substituents is 2. The van der Waals surface area contributed by atoms with Crippen LogP contribution in [0.3, 0.4) is 0 Å². The zero-order valence-corrected chi connectivity index (χ0v) is 10.8. The highest BCUT2D eigenvalue weighted by Crippen LogP contribution is 2.34. The number of nitrogens with zero attached hydrogens (tertiary/aromatic N) is 2. The lowest BCUT2D eigenvalue weighted by atomic mass is 9.94. The van der Waals surface area contributed by atoms with Gasteiger partial charge in [0.25, 0.3) is 11.4 Å². The molecule has 0 amide bonds. The molecule has 0 spiro atoms. The Bertz CT molecular complexity index is 478. The first-order chi connectivity index (χ1) is 8.38. The zero-order chi connectivity index (χ0) is 13.9. The third kappa shape index (κ3) is 2.95. The Hall–Kier alpha value is -1.69. The summed E-state index contributed by atoms with van der Waals surface area (Å²) < 4.78 is 0. The number of halogens is 1. The largest absolute Gasteiger partial charge is 0.279 e. The van der Waals surface area contributed by atoms with E-state index in [4.69, 9.17) is 11.6 Å². The first-order valence-corrected chi connectivity index (χ1v) is 5.88. The minimum atomic E-state index is -0.653. The molecule has 0 N–H and O–H groups in total. The monoisotopic (exact) mass is 272 g/mol. The van der Waals surface area contributed by atoms with E-state index in [1.54, 1.807) is 6.92 Å². The fourth-order valence-electron chi connectivity index (χ4n) is 1.74. The van der Waals surface area contributed by atoms with E-state index in [2.05, 4.69) is 0 Å². The Balaban J connectivity index is 3.27. The number of hydrogen-bond acceptors (Lipinski definition) is 4. The Labute approximate surface area is 109 Å². The van der Waals surface area contributed by atoms with Crippen molar-refractivity contribution in [3.63, 3.8) is 0 Å². The van der Waals surface area contributed by atoms with Crippen molar-refractivity contribution in [2.75, 3.05) is 0 Å². The summed E-state index contributed by atoms with van der Waals surface area (Å²) in [5.74, 6) is -0.238. The molecule has 0 aromatic heterocycles. The van der Waals surface area contributed by atoms with Crippen molar-refractivity contribution < 1.29 is 9.85 Å². The quantitative estimate of drug-likeness (QED) is 0.465. The molecule has 1 rings (SSSR count). The number of alkyl halides is 1. The van der Waals surface area contributed by atoms with E-state index in [0.29, 0.717) is 12.0 Å². The van der Waals surface area contributed by atoms with Gasteiger partial charge in [0.1, 0.15) is 0 Å². The van der Waals surface area contributed by atoms with Crippen LogP contribution >= 0.6 is 11.6 Å². The normalized spacial score (nSPS) is 13.9. The smallest absolute Gasteiger partial charge is 0.258 e. The predicted molar refractivity (Wildman–Crippen MR) is 68.1 cm³/mol. The van der Waals surface area contributed by atoms with Gasteiger partial charge in [-0.25, -0.2) is 0 Å². The van der Waals surface area contributed by atoms with Crippen molar-refractivity contribution in [1.82, 2.24) is 0 Å². The number of rotatable bonds is 5. The van der Waals surface area contributed by atoms with E-state index in [0.717, 1.165) is 6.07 Å². The molecule has 0 aliphatic rings. The molecule has 6 nitrogen and oxygen atoms in total. The predicted octanol–water partition coefficient (Wildman–Crippen LogP) is 3.62. The van der Waals surface area contributed by atoms with E-state index >= 15 is 0 Å². The van der Waals surface area contributed by atoms with Crippen LogP contribution in [0.25, 0.3) is 0 Å². The SMILES string of the molecule is CCC(Cl)C(C)c1ccc([N+](=O)[O-])cc1[N+](=O)[O-]. The molecular weight excluding hydrogens is 260 g/mol. The summed E-state index contributed by atoms with van der Waals surface area (Å²) in [7, 11) is 0. The summed E-state index contributed by atoms with van der Waals surface area (Å²) >= 11 is 6.07. The van der Waals surface area contributed by atoms with E-state index < -0.39 is 9.85 Å². The standard InChI is InChI=1S/C11H13ClN2O4/c1-3-10(12)7(2)9-5-4-8(13(15)16)6-11(9)14(17)18/h4-7,10H,3H2,1-2H3. The molecule has 0 heterocycles. The molecule has 0 fully saturated rings. The third-order valence-electron chi connectivity index (χ3n) is 2.84. The average Bonchev–Trinajstić information content (AvgIpc) is 2.35. The first-order valence-electron chi connectivity index (χ1n) is 5.45. The fraction of sp³-hybridized carbons (Fsp3) is 0.455. The lowest BCUT2D eigenvalue weighted by molar-refractivity contribution is -0.394. The van der Waals surface area contributed by atoms with E-state index in [1.165, 1.54) is 12.1 Å². The van der Waals surface area contributed by atoms with Gasteiger partial charge in [0.15, 0.2) is 0 Å². The van der Waals surface area contributed by atoms with E-state index in [1.807, 2.05) is 6.92 Å². The molecule has 1 aromatic rings. The lowest BCUT2D eigenvalue weighted by Crippen LogP contribution is -2.10. The van der Waals surface area contributed by atoms with E-state index in [-0.39, 0.29) is 22.7 Å². The van der Waals surface area contributed by atoms with Crippen LogP contribution in [0.1, 0.15) is 31.7 Å². The van der Waals surface area contributed by atoms with Crippen LogP contribution in [0.5, 0.6) is 0 Å². The van der Waals surface area contributed by atoms with Gasteiger partial charge in [0.2, 0.25) is 0 Å². The Morgan fingerprint density at radius 2 is 1.89 bits per heavy atom. The van der Waals surface area contributed by atoms with Gasteiger partial charge in [-0.15, -0.1) is 11.6 Å². The van der Waals surface area contributed by atoms with Gasteiger partial charge in [-0.05, 0) is 12.5 Å².